The third kappa shape index (κ3) is 7.37. The molecule has 0 spiro atoms. The molecule has 10 aromatic carbocycles. The zero-order valence-corrected chi connectivity index (χ0v) is 38.3. The molecule has 0 aliphatic rings. The Morgan fingerprint density at radius 3 is 1.55 bits per heavy atom. The van der Waals surface area contributed by atoms with E-state index in [0.29, 0.717) is 23.9 Å². The molecule has 0 saturated carbocycles. The van der Waals surface area contributed by atoms with Gasteiger partial charge in [-0.15, -0.1) is 11.3 Å². The van der Waals surface area contributed by atoms with Gasteiger partial charge >= 0.3 is 0 Å². The lowest BCUT2D eigenvalue weighted by molar-refractivity contribution is 0.933. The molecule has 13 aromatic rings. The summed E-state index contributed by atoms with van der Waals surface area (Å²) in [6.07, 6.45) is 0.501. The van der Waals surface area contributed by atoms with Gasteiger partial charge in [0.25, 0.3) is 0 Å². The van der Waals surface area contributed by atoms with Crippen LogP contribution in [0.25, 0.3) is 115 Å². The Labute approximate surface area is 404 Å². The SMILES string of the molecule is c1ccc(-c2nc(Cc3cc(-c4ccc(-c5ccccc5)c(-c5ccccc5)c4)ccc3-c3ccc4c(c3)sc3ccc5c6ccccc6n(-c6ccccc6)c5c34)nc(-c3ccccc3)n2)cc1. The summed E-state index contributed by atoms with van der Waals surface area (Å²) in [7, 11) is 0. The first kappa shape index (κ1) is 40.5. The van der Waals surface area contributed by atoms with E-state index in [4.69, 9.17) is 15.0 Å². The monoisotopic (exact) mass is 898 g/mol. The van der Waals surface area contributed by atoms with E-state index in [1.807, 2.05) is 47.7 Å². The van der Waals surface area contributed by atoms with Gasteiger partial charge in [0, 0.05) is 54.2 Å². The lowest BCUT2D eigenvalue weighted by Crippen LogP contribution is -2.05. The number of thiophene rings is 1. The van der Waals surface area contributed by atoms with Crippen LogP contribution in [0.4, 0.5) is 0 Å². The van der Waals surface area contributed by atoms with Crippen LogP contribution < -0.4 is 0 Å². The number of hydrogen-bond donors (Lipinski definition) is 0. The summed E-state index contributed by atoms with van der Waals surface area (Å²) >= 11 is 1.86. The summed E-state index contributed by atoms with van der Waals surface area (Å²) in [5, 5.41) is 5.06. The number of hydrogen-bond acceptors (Lipinski definition) is 4. The van der Waals surface area contributed by atoms with Crippen molar-refractivity contribution in [2.24, 2.45) is 0 Å². The van der Waals surface area contributed by atoms with Crippen LogP contribution in [0.2, 0.25) is 0 Å². The fraction of sp³-hybridized carbons (Fsp3) is 0.0156. The van der Waals surface area contributed by atoms with Crippen LogP contribution in [0.3, 0.4) is 0 Å². The highest BCUT2D eigenvalue weighted by molar-refractivity contribution is 7.26. The van der Waals surface area contributed by atoms with Gasteiger partial charge in [-0.1, -0.05) is 206 Å². The van der Waals surface area contributed by atoms with Crippen molar-refractivity contribution < 1.29 is 0 Å². The first-order valence-corrected chi connectivity index (χ1v) is 24.2. The van der Waals surface area contributed by atoms with Crippen molar-refractivity contribution in [3.63, 3.8) is 0 Å². The highest BCUT2D eigenvalue weighted by atomic mass is 32.1. The molecule has 324 valence electrons. The van der Waals surface area contributed by atoms with Gasteiger partial charge in [0.1, 0.15) is 5.82 Å². The smallest absolute Gasteiger partial charge is 0.163 e. The van der Waals surface area contributed by atoms with Crippen LogP contribution in [0.15, 0.2) is 243 Å². The Kier molecular flexibility index (Phi) is 10.1. The summed E-state index contributed by atoms with van der Waals surface area (Å²) in [4.78, 5) is 15.4. The number of para-hydroxylation sites is 2. The molecule has 0 aliphatic carbocycles. The highest BCUT2D eigenvalue weighted by Crippen LogP contribution is 2.45. The van der Waals surface area contributed by atoms with Gasteiger partial charge in [-0.05, 0) is 86.5 Å². The Balaban J connectivity index is 0.998. The van der Waals surface area contributed by atoms with Crippen LogP contribution in [0, 0.1) is 0 Å². The number of nitrogens with zero attached hydrogens (tertiary/aromatic N) is 4. The molecular weight excluding hydrogens is 857 g/mol. The average Bonchev–Trinajstić information content (AvgIpc) is 3.97. The van der Waals surface area contributed by atoms with Crippen LogP contribution in [-0.2, 0) is 6.42 Å². The molecule has 0 saturated heterocycles. The molecule has 69 heavy (non-hydrogen) atoms. The normalized spacial score (nSPS) is 11.5. The molecule has 13 rings (SSSR count). The summed E-state index contributed by atoms with van der Waals surface area (Å²) in [5.74, 6) is 2.03. The van der Waals surface area contributed by atoms with Crippen molar-refractivity contribution in [1.82, 2.24) is 19.5 Å². The van der Waals surface area contributed by atoms with Crippen LogP contribution >= 0.6 is 11.3 Å². The predicted octanol–water partition coefficient (Wildman–Crippen LogP) is 16.9. The van der Waals surface area contributed by atoms with Crippen LogP contribution in [0.5, 0.6) is 0 Å². The Bertz CT molecular complexity index is 3960. The molecule has 5 heteroatoms. The van der Waals surface area contributed by atoms with E-state index in [0.717, 1.165) is 44.6 Å². The third-order valence-corrected chi connectivity index (χ3v) is 14.4. The molecule has 0 radical (unpaired) electrons. The summed E-state index contributed by atoms with van der Waals surface area (Å²) in [5.41, 5.74) is 16.0. The first-order chi connectivity index (χ1) is 34.2. The van der Waals surface area contributed by atoms with E-state index in [2.05, 4.69) is 211 Å². The minimum absolute atomic E-state index is 0.501. The molecular formula is C64H42N4S. The van der Waals surface area contributed by atoms with Gasteiger partial charge in [-0.25, -0.2) is 15.0 Å². The topological polar surface area (TPSA) is 43.6 Å². The zero-order valence-electron chi connectivity index (χ0n) is 37.5. The van der Waals surface area contributed by atoms with Crippen LogP contribution in [0.1, 0.15) is 11.4 Å². The largest absolute Gasteiger partial charge is 0.309 e. The molecule has 0 N–H and O–H groups in total. The van der Waals surface area contributed by atoms with E-state index in [-0.39, 0.29) is 0 Å². The third-order valence-electron chi connectivity index (χ3n) is 13.3. The molecule has 0 fully saturated rings. The van der Waals surface area contributed by atoms with Crippen molar-refractivity contribution in [3.05, 3.63) is 254 Å². The van der Waals surface area contributed by atoms with Crippen molar-refractivity contribution in [2.75, 3.05) is 0 Å². The maximum absolute atomic E-state index is 5.20. The fourth-order valence-corrected chi connectivity index (χ4v) is 11.2. The number of fused-ring (bicyclic) bond motifs is 7. The molecule has 0 unspecified atom stereocenters. The number of benzene rings is 10. The van der Waals surface area contributed by atoms with Gasteiger partial charge in [0.2, 0.25) is 0 Å². The minimum Gasteiger partial charge on any atom is -0.309 e. The van der Waals surface area contributed by atoms with Crippen molar-refractivity contribution in [1.29, 1.82) is 0 Å². The van der Waals surface area contributed by atoms with Gasteiger partial charge in [0.15, 0.2) is 11.6 Å². The van der Waals surface area contributed by atoms with E-state index in [1.165, 1.54) is 64.2 Å². The standard InChI is InChI=1S/C64H42N4S/c1-6-18-42(19-7-1)52-34-31-47(39-56(52)43-20-8-2-9-21-43)46-30-33-51(49(38-46)41-60-65-63(44-22-10-3-11-23-44)67-64(66-60)45-24-12-4-13-25-45)48-32-35-55-59(40-48)69-58-37-36-54-53-28-16-17-29-57(53)68(62(54)61(55)58)50-26-14-5-15-27-50/h1-40H,41H2. The molecule has 3 heterocycles. The van der Waals surface area contributed by atoms with E-state index >= 15 is 0 Å². The molecule has 0 bridgehead atoms. The first-order valence-electron chi connectivity index (χ1n) is 23.4. The lowest BCUT2D eigenvalue weighted by Gasteiger charge is -2.16. The second kappa shape index (κ2) is 17.1. The van der Waals surface area contributed by atoms with Crippen molar-refractivity contribution in [3.8, 4) is 73.0 Å². The van der Waals surface area contributed by atoms with Crippen molar-refractivity contribution >= 4 is 53.3 Å². The highest BCUT2D eigenvalue weighted by Gasteiger charge is 2.20. The molecule has 0 aliphatic heterocycles. The summed E-state index contributed by atoms with van der Waals surface area (Å²) < 4.78 is 4.96. The Hall–Kier alpha value is -8.77. The minimum atomic E-state index is 0.501. The van der Waals surface area contributed by atoms with Gasteiger partial charge in [0.05, 0.1) is 11.0 Å². The second-order valence-corrected chi connectivity index (χ2v) is 18.6. The molecule has 4 nitrogen and oxygen atoms in total. The summed E-state index contributed by atoms with van der Waals surface area (Å²) in [6.45, 7) is 0. The molecule has 0 amide bonds. The Morgan fingerprint density at radius 1 is 0.348 bits per heavy atom. The van der Waals surface area contributed by atoms with Gasteiger partial charge in [-0.3, -0.25) is 0 Å². The molecule has 0 atom stereocenters. The number of rotatable bonds is 9. The van der Waals surface area contributed by atoms with Crippen LogP contribution in [-0.4, -0.2) is 19.5 Å². The number of aromatic nitrogens is 4. The van der Waals surface area contributed by atoms with Crippen molar-refractivity contribution in [2.45, 2.75) is 6.42 Å². The zero-order chi connectivity index (χ0) is 45.7. The maximum Gasteiger partial charge on any atom is 0.163 e. The predicted molar refractivity (Wildman–Crippen MR) is 289 cm³/mol. The average molecular weight is 899 g/mol. The fourth-order valence-electron chi connectivity index (χ4n) is 10.1. The maximum atomic E-state index is 5.20. The van der Waals surface area contributed by atoms with Gasteiger partial charge < -0.3 is 4.57 Å². The van der Waals surface area contributed by atoms with E-state index < -0.39 is 0 Å². The summed E-state index contributed by atoms with van der Waals surface area (Å²) in [6, 6.07) is 86.8. The van der Waals surface area contributed by atoms with E-state index in [1.54, 1.807) is 0 Å². The quantitative estimate of drug-likeness (QED) is 0.145. The Morgan fingerprint density at radius 2 is 0.884 bits per heavy atom. The lowest BCUT2D eigenvalue weighted by atomic mass is 9.89. The second-order valence-electron chi connectivity index (χ2n) is 17.5. The van der Waals surface area contributed by atoms with E-state index in [9.17, 15) is 0 Å². The van der Waals surface area contributed by atoms with Gasteiger partial charge in [-0.2, -0.15) is 0 Å². The molecule has 3 aromatic heterocycles.